The fraction of sp³-hybridized carbons (Fsp3) is 0.600. The van der Waals surface area contributed by atoms with Crippen LogP contribution in [0.1, 0.15) is 54.4 Å². The van der Waals surface area contributed by atoms with E-state index >= 15 is 0 Å². The van der Waals surface area contributed by atoms with Crippen LogP contribution >= 0.6 is 0 Å². The predicted molar refractivity (Wildman–Crippen MR) is 96.9 cm³/mol. The van der Waals surface area contributed by atoms with Crippen molar-refractivity contribution in [3.8, 4) is 0 Å². The highest BCUT2D eigenvalue weighted by molar-refractivity contribution is 5.94. The molecule has 1 aromatic rings. The third-order valence-electron chi connectivity index (χ3n) is 4.91. The fourth-order valence-corrected chi connectivity index (χ4v) is 3.32. The van der Waals surface area contributed by atoms with Crippen molar-refractivity contribution >= 4 is 11.7 Å². The minimum absolute atomic E-state index is 0.0813. The van der Waals surface area contributed by atoms with Gasteiger partial charge in [0.25, 0.3) is 5.91 Å². The second-order valence-electron chi connectivity index (χ2n) is 6.64. The maximum Gasteiger partial charge on any atom is 0.251 e. The molecule has 0 aliphatic heterocycles. The molecule has 5 nitrogen and oxygen atoms in total. The summed E-state index contributed by atoms with van der Waals surface area (Å²) in [7, 11) is 1.63. The van der Waals surface area contributed by atoms with Gasteiger partial charge in [-0.2, -0.15) is 0 Å². The van der Waals surface area contributed by atoms with E-state index in [1.807, 2.05) is 24.3 Å². The van der Waals surface area contributed by atoms with Crippen molar-refractivity contribution in [3.05, 3.63) is 35.4 Å². The van der Waals surface area contributed by atoms with Gasteiger partial charge in [-0.15, -0.1) is 0 Å². The second-order valence-corrected chi connectivity index (χ2v) is 6.64. The molecule has 0 spiro atoms. The fourth-order valence-electron chi connectivity index (χ4n) is 3.32. The lowest BCUT2D eigenvalue weighted by molar-refractivity contribution is -0.121. The van der Waals surface area contributed by atoms with Gasteiger partial charge in [0.1, 0.15) is 5.78 Å². The van der Waals surface area contributed by atoms with E-state index in [0.29, 0.717) is 43.6 Å². The van der Waals surface area contributed by atoms with Crippen LogP contribution in [0.5, 0.6) is 0 Å². The molecule has 0 saturated heterocycles. The van der Waals surface area contributed by atoms with E-state index in [1.165, 1.54) is 5.56 Å². The zero-order valence-electron chi connectivity index (χ0n) is 15.3. The molecule has 0 aromatic heterocycles. The number of carbonyl (C=O) groups is 2. The molecule has 0 radical (unpaired) electrons. The van der Waals surface area contributed by atoms with Gasteiger partial charge in [0, 0.05) is 25.1 Å². The van der Waals surface area contributed by atoms with Gasteiger partial charge in [-0.3, -0.25) is 9.59 Å². The number of amides is 1. The van der Waals surface area contributed by atoms with Crippen molar-refractivity contribution < 1.29 is 19.1 Å². The van der Waals surface area contributed by atoms with Crippen LogP contribution in [0, 0.1) is 5.92 Å². The molecule has 1 aliphatic rings. The smallest absolute Gasteiger partial charge is 0.251 e. The lowest BCUT2D eigenvalue weighted by atomic mass is 9.77. The number of hydrogen-bond acceptors (Lipinski definition) is 4. The Kier molecular flexibility index (Phi) is 8.09. The minimum Gasteiger partial charge on any atom is -0.382 e. The van der Waals surface area contributed by atoms with Gasteiger partial charge in [0.2, 0.25) is 0 Å². The number of ketones is 1. The number of methoxy groups -OCH3 is 1. The van der Waals surface area contributed by atoms with E-state index in [9.17, 15) is 9.59 Å². The SMILES string of the molecule is COCCOCCNC(=O)c1ccc(C2CCC(C(C)=O)CC2)cc1. The molecule has 1 aliphatic carbocycles. The first-order chi connectivity index (χ1) is 12.1. The molecule has 138 valence electrons. The molecule has 0 heterocycles. The summed E-state index contributed by atoms with van der Waals surface area (Å²) in [5.74, 6) is 0.980. The van der Waals surface area contributed by atoms with Gasteiger partial charge in [0.05, 0.1) is 19.8 Å². The molecule has 0 atom stereocenters. The molecule has 1 aromatic carbocycles. The van der Waals surface area contributed by atoms with Crippen LogP contribution in [-0.4, -0.2) is 45.2 Å². The summed E-state index contributed by atoms with van der Waals surface area (Å²) < 4.78 is 10.2. The molecule has 1 N–H and O–H groups in total. The summed E-state index contributed by atoms with van der Waals surface area (Å²) in [4.78, 5) is 23.6. The number of Topliss-reactive ketones (excluding diaryl/α,β-unsaturated/α-hetero) is 1. The molecule has 0 unspecified atom stereocenters. The first-order valence-electron chi connectivity index (χ1n) is 9.07. The summed E-state index contributed by atoms with van der Waals surface area (Å²) in [5, 5.41) is 2.85. The third kappa shape index (κ3) is 6.25. The Hall–Kier alpha value is -1.72. The van der Waals surface area contributed by atoms with E-state index in [-0.39, 0.29) is 11.8 Å². The predicted octanol–water partition coefficient (Wildman–Crippen LogP) is 2.94. The molecule has 1 fully saturated rings. The van der Waals surface area contributed by atoms with Gasteiger partial charge in [0.15, 0.2) is 0 Å². The first kappa shape index (κ1) is 19.6. The van der Waals surface area contributed by atoms with E-state index in [2.05, 4.69) is 5.32 Å². The van der Waals surface area contributed by atoms with Crippen LogP contribution in [0.4, 0.5) is 0 Å². The highest BCUT2D eigenvalue weighted by Crippen LogP contribution is 2.36. The zero-order chi connectivity index (χ0) is 18.1. The van der Waals surface area contributed by atoms with Crippen LogP contribution < -0.4 is 5.32 Å². The minimum atomic E-state index is -0.0813. The van der Waals surface area contributed by atoms with Gasteiger partial charge in [-0.05, 0) is 56.2 Å². The molecular weight excluding hydrogens is 318 g/mol. The van der Waals surface area contributed by atoms with Crippen LogP contribution in [0.25, 0.3) is 0 Å². The quantitative estimate of drug-likeness (QED) is 0.698. The molecule has 0 bridgehead atoms. The molecular formula is C20H29NO4. The van der Waals surface area contributed by atoms with Crippen molar-refractivity contribution in [2.45, 2.75) is 38.5 Å². The Morgan fingerprint density at radius 1 is 1.04 bits per heavy atom. The van der Waals surface area contributed by atoms with Crippen molar-refractivity contribution in [3.63, 3.8) is 0 Å². The number of carbonyl (C=O) groups excluding carboxylic acids is 2. The largest absolute Gasteiger partial charge is 0.382 e. The monoisotopic (exact) mass is 347 g/mol. The number of ether oxygens (including phenoxy) is 2. The maximum absolute atomic E-state index is 12.1. The van der Waals surface area contributed by atoms with Crippen molar-refractivity contribution in [2.75, 3.05) is 33.5 Å². The molecule has 25 heavy (non-hydrogen) atoms. The second kappa shape index (κ2) is 10.3. The van der Waals surface area contributed by atoms with Crippen molar-refractivity contribution in [1.29, 1.82) is 0 Å². The number of rotatable bonds is 9. The van der Waals surface area contributed by atoms with Crippen LogP contribution in [0.2, 0.25) is 0 Å². The first-order valence-corrected chi connectivity index (χ1v) is 9.07. The van der Waals surface area contributed by atoms with Crippen molar-refractivity contribution in [1.82, 2.24) is 5.32 Å². The van der Waals surface area contributed by atoms with E-state index < -0.39 is 0 Å². The highest BCUT2D eigenvalue weighted by atomic mass is 16.5. The Balaban J connectivity index is 1.76. The van der Waals surface area contributed by atoms with Gasteiger partial charge in [-0.25, -0.2) is 0 Å². The molecule has 1 amide bonds. The van der Waals surface area contributed by atoms with Gasteiger partial charge < -0.3 is 14.8 Å². The Bertz CT molecular complexity index is 547. The summed E-state index contributed by atoms with van der Waals surface area (Å²) in [5.41, 5.74) is 1.93. The summed E-state index contributed by atoms with van der Waals surface area (Å²) >= 11 is 0. The van der Waals surface area contributed by atoms with Crippen molar-refractivity contribution in [2.24, 2.45) is 5.92 Å². The Labute approximate surface area is 150 Å². The number of nitrogens with one attached hydrogen (secondary N) is 1. The zero-order valence-corrected chi connectivity index (χ0v) is 15.3. The third-order valence-corrected chi connectivity index (χ3v) is 4.91. The summed E-state index contributed by atoms with van der Waals surface area (Å²) in [6.07, 6.45) is 4.06. The maximum atomic E-state index is 12.1. The summed E-state index contributed by atoms with van der Waals surface area (Å²) in [6, 6.07) is 7.85. The Morgan fingerprint density at radius 3 is 2.32 bits per heavy atom. The highest BCUT2D eigenvalue weighted by Gasteiger charge is 2.24. The molecule has 1 saturated carbocycles. The summed E-state index contributed by atoms with van der Waals surface area (Å²) in [6.45, 7) is 3.75. The average molecular weight is 347 g/mol. The number of benzene rings is 1. The molecule has 5 heteroatoms. The van der Waals surface area contributed by atoms with Crippen LogP contribution in [0.15, 0.2) is 24.3 Å². The van der Waals surface area contributed by atoms with Crippen LogP contribution in [-0.2, 0) is 14.3 Å². The Morgan fingerprint density at radius 2 is 1.72 bits per heavy atom. The van der Waals surface area contributed by atoms with Gasteiger partial charge >= 0.3 is 0 Å². The average Bonchev–Trinajstić information content (AvgIpc) is 2.64. The topological polar surface area (TPSA) is 64.6 Å². The van der Waals surface area contributed by atoms with E-state index in [4.69, 9.17) is 9.47 Å². The lowest BCUT2D eigenvalue weighted by Crippen LogP contribution is -2.27. The van der Waals surface area contributed by atoms with Crippen LogP contribution in [0.3, 0.4) is 0 Å². The molecule has 2 rings (SSSR count). The lowest BCUT2D eigenvalue weighted by Gasteiger charge is -2.27. The standard InChI is InChI=1S/C20H29NO4/c1-15(22)16-3-5-17(6-4-16)18-7-9-19(10-8-18)20(23)21-11-12-25-14-13-24-2/h7-10,16-17H,3-6,11-14H2,1-2H3,(H,21,23). The van der Waals surface area contributed by atoms with E-state index in [1.54, 1.807) is 14.0 Å². The normalized spacial score (nSPS) is 20.2. The van der Waals surface area contributed by atoms with E-state index in [0.717, 1.165) is 25.7 Å². The number of hydrogen-bond donors (Lipinski definition) is 1. The van der Waals surface area contributed by atoms with Gasteiger partial charge in [-0.1, -0.05) is 12.1 Å².